The van der Waals surface area contributed by atoms with Crippen LogP contribution in [-0.2, 0) is 0 Å². The van der Waals surface area contributed by atoms with Gasteiger partial charge in [0.15, 0.2) is 5.84 Å². The highest BCUT2D eigenvalue weighted by atomic mass is 15.2. The largest absolute Gasteiger partial charge is 0.344 e. The molecule has 1 aliphatic rings. The normalized spacial score (nSPS) is 13.4. The zero-order valence-corrected chi connectivity index (χ0v) is 43.7. The van der Waals surface area contributed by atoms with Crippen LogP contribution < -0.4 is 5.32 Å². The van der Waals surface area contributed by atoms with Gasteiger partial charge in [-0.1, -0.05) is 243 Å². The van der Waals surface area contributed by atoms with Gasteiger partial charge in [-0.15, -0.1) is 0 Å². The Bertz CT molecular complexity index is 4690. The van der Waals surface area contributed by atoms with Crippen LogP contribution in [0.25, 0.3) is 111 Å². The van der Waals surface area contributed by atoms with Crippen LogP contribution in [0.1, 0.15) is 22.9 Å². The molecule has 12 aromatic carbocycles. The van der Waals surface area contributed by atoms with Gasteiger partial charge in [0.1, 0.15) is 12.0 Å². The van der Waals surface area contributed by atoms with E-state index in [0.29, 0.717) is 5.84 Å². The van der Waals surface area contributed by atoms with Gasteiger partial charge in [-0.2, -0.15) is 0 Å². The van der Waals surface area contributed by atoms with Crippen LogP contribution in [0, 0.1) is 0 Å². The Labute approximate surface area is 464 Å². The van der Waals surface area contributed by atoms with Crippen molar-refractivity contribution in [1.82, 2.24) is 14.5 Å². The second-order valence-corrected chi connectivity index (χ2v) is 20.5. The first-order chi connectivity index (χ1) is 39.7. The Morgan fingerprint density at radius 1 is 0.300 bits per heavy atom. The van der Waals surface area contributed by atoms with Gasteiger partial charge in [-0.3, -0.25) is 0 Å². The van der Waals surface area contributed by atoms with Crippen LogP contribution in [0.15, 0.2) is 307 Å². The number of hydrogen-bond acceptors (Lipinski definition) is 3. The zero-order chi connectivity index (χ0) is 52.9. The zero-order valence-electron chi connectivity index (χ0n) is 43.7. The van der Waals surface area contributed by atoms with E-state index >= 15 is 0 Å². The second-order valence-electron chi connectivity index (χ2n) is 20.5. The fraction of sp³-hybridized carbons (Fsp3) is 0.0133. The number of nitrogens with zero attached hydrogens (tertiary/aromatic N) is 4. The number of benzene rings is 12. The Hall–Kier alpha value is -10.6. The molecule has 14 aromatic rings. The summed E-state index contributed by atoms with van der Waals surface area (Å²) in [5, 5.41) is 8.67. The number of aliphatic imine (C=N–C) groups is 2. The summed E-state index contributed by atoms with van der Waals surface area (Å²) in [7, 11) is 0. The highest BCUT2D eigenvalue weighted by Crippen LogP contribution is 2.45. The molecule has 0 aliphatic carbocycles. The molecule has 1 N–H and O–H groups in total. The van der Waals surface area contributed by atoms with E-state index in [-0.39, 0.29) is 0 Å². The molecule has 1 unspecified atom stereocenters. The highest BCUT2D eigenvalue weighted by molar-refractivity contribution is 6.23. The van der Waals surface area contributed by atoms with E-state index in [2.05, 4.69) is 312 Å². The fourth-order valence-electron chi connectivity index (χ4n) is 12.0. The quantitative estimate of drug-likeness (QED) is 0.146. The minimum Gasteiger partial charge on any atom is -0.344 e. The third-order valence-corrected chi connectivity index (χ3v) is 15.8. The standard InChI is InChI=1S/C75H51N5/c1-6-21-50(22-7-1)54-39-41-55(42-40-54)73-76-74(59-30-18-29-56(47-59)51-23-8-2-9-24-51)78-75(77-73)65-46-44-58(53-27-12-4-13-28-53)49-70(65)80-66-36-17-16-33-63(66)71-61(35-20-38-68(71)80)62-34-19-37-67-72(62)64-45-43-57(52-25-10-3-11-26-52)48-69(64)79(67)60-31-14-5-15-32-60/h1-49,73H,(H,76,77,78). The van der Waals surface area contributed by atoms with Crippen molar-refractivity contribution in [2.75, 3.05) is 0 Å². The van der Waals surface area contributed by atoms with E-state index in [1.807, 2.05) is 0 Å². The van der Waals surface area contributed by atoms with Crippen molar-refractivity contribution in [2.45, 2.75) is 6.17 Å². The molecule has 5 heteroatoms. The monoisotopic (exact) mass is 1020 g/mol. The maximum atomic E-state index is 5.55. The minimum absolute atomic E-state index is 0.434. The summed E-state index contributed by atoms with van der Waals surface area (Å²) in [5.41, 5.74) is 21.1. The van der Waals surface area contributed by atoms with Crippen molar-refractivity contribution < 1.29 is 0 Å². The van der Waals surface area contributed by atoms with Crippen molar-refractivity contribution in [3.05, 3.63) is 314 Å². The van der Waals surface area contributed by atoms with Gasteiger partial charge < -0.3 is 14.5 Å². The SMILES string of the molecule is c1ccc(-c2ccc(C3N=C(c4cccc(-c5ccccc5)c4)N=C(c4ccc(-c5ccccc5)cc4-n4c5ccccc5c5c(-c6cccc7c6c6ccc(-c8ccccc8)cc6n7-c6ccccc6)cccc54)N3)cc2)cc1. The van der Waals surface area contributed by atoms with E-state index in [0.717, 1.165) is 83.8 Å². The van der Waals surface area contributed by atoms with Gasteiger partial charge in [-0.05, 0) is 116 Å². The molecule has 80 heavy (non-hydrogen) atoms. The topological polar surface area (TPSA) is 46.6 Å². The van der Waals surface area contributed by atoms with E-state index < -0.39 is 6.17 Å². The summed E-state index contributed by atoms with van der Waals surface area (Å²) in [6.45, 7) is 0. The van der Waals surface area contributed by atoms with Crippen LogP contribution in [0.3, 0.4) is 0 Å². The molecular weight excluding hydrogens is 971 g/mol. The predicted octanol–water partition coefficient (Wildman–Crippen LogP) is 18.7. The lowest BCUT2D eigenvalue weighted by molar-refractivity contribution is 0.674. The third-order valence-electron chi connectivity index (χ3n) is 15.8. The Kier molecular flexibility index (Phi) is 11.5. The fourth-order valence-corrected chi connectivity index (χ4v) is 12.0. The number of rotatable bonds is 10. The summed E-state index contributed by atoms with van der Waals surface area (Å²) in [6, 6.07) is 107. The maximum absolute atomic E-state index is 5.55. The summed E-state index contributed by atoms with van der Waals surface area (Å²) in [6.07, 6.45) is -0.434. The number of hydrogen-bond donors (Lipinski definition) is 1. The first-order valence-electron chi connectivity index (χ1n) is 27.3. The van der Waals surface area contributed by atoms with Crippen LogP contribution >= 0.6 is 0 Å². The van der Waals surface area contributed by atoms with Gasteiger partial charge in [0.2, 0.25) is 0 Å². The summed E-state index contributed by atoms with van der Waals surface area (Å²) < 4.78 is 4.90. The molecule has 0 radical (unpaired) electrons. The molecule has 5 nitrogen and oxygen atoms in total. The molecule has 0 amide bonds. The van der Waals surface area contributed by atoms with Crippen molar-refractivity contribution in [3.63, 3.8) is 0 Å². The van der Waals surface area contributed by atoms with Crippen molar-refractivity contribution in [1.29, 1.82) is 0 Å². The lowest BCUT2D eigenvalue weighted by Gasteiger charge is -2.26. The lowest BCUT2D eigenvalue weighted by atomic mass is 9.95. The first kappa shape index (κ1) is 46.7. The van der Waals surface area contributed by atoms with Gasteiger partial charge in [0.25, 0.3) is 0 Å². The predicted molar refractivity (Wildman–Crippen MR) is 334 cm³/mol. The van der Waals surface area contributed by atoms with Gasteiger partial charge in [0.05, 0.1) is 27.8 Å². The Morgan fingerprint density at radius 2 is 0.750 bits per heavy atom. The van der Waals surface area contributed by atoms with E-state index in [1.54, 1.807) is 0 Å². The van der Waals surface area contributed by atoms with Crippen molar-refractivity contribution in [2.24, 2.45) is 9.98 Å². The molecular formula is C75H51N5. The number of nitrogens with one attached hydrogen (secondary N) is 1. The Morgan fingerprint density at radius 3 is 1.39 bits per heavy atom. The molecule has 0 fully saturated rings. The van der Waals surface area contributed by atoms with Crippen LogP contribution in [0.2, 0.25) is 0 Å². The summed E-state index contributed by atoms with van der Waals surface area (Å²) in [5.74, 6) is 1.40. The molecule has 376 valence electrons. The molecule has 0 saturated heterocycles. The average molecular weight is 1020 g/mol. The number of amidine groups is 2. The van der Waals surface area contributed by atoms with Crippen LogP contribution in [0.4, 0.5) is 0 Å². The smallest absolute Gasteiger partial charge is 0.159 e. The highest BCUT2D eigenvalue weighted by Gasteiger charge is 2.27. The van der Waals surface area contributed by atoms with Gasteiger partial charge in [0, 0.05) is 38.4 Å². The summed E-state index contributed by atoms with van der Waals surface area (Å²) in [4.78, 5) is 11.0. The van der Waals surface area contributed by atoms with Crippen LogP contribution in [0.5, 0.6) is 0 Å². The third kappa shape index (κ3) is 8.19. The molecule has 0 saturated carbocycles. The van der Waals surface area contributed by atoms with Crippen molar-refractivity contribution in [3.8, 4) is 67.0 Å². The first-order valence-corrected chi connectivity index (χ1v) is 27.3. The molecule has 0 spiro atoms. The average Bonchev–Trinajstić information content (AvgIpc) is 4.30. The van der Waals surface area contributed by atoms with E-state index in [9.17, 15) is 0 Å². The summed E-state index contributed by atoms with van der Waals surface area (Å²) >= 11 is 0. The van der Waals surface area contributed by atoms with Crippen molar-refractivity contribution >= 4 is 55.3 Å². The number of aromatic nitrogens is 2. The van der Waals surface area contributed by atoms with Crippen LogP contribution in [-0.4, -0.2) is 20.8 Å². The van der Waals surface area contributed by atoms with Gasteiger partial charge >= 0.3 is 0 Å². The molecule has 3 heterocycles. The number of fused-ring (bicyclic) bond motifs is 6. The Balaban J connectivity index is 0.949. The number of para-hydroxylation sites is 2. The van der Waals surface area contributed by atoms with Gasteiger partial charge in [-0.25, -0.2) is 9.98 Å². The lowest BCUT2D eigenvalue weighted by Crippen LogP contribution is -2.34. The molecule has 2 aromatic heterocycles. The van der Waals surface area contributed by atoms with E-state index in [1.165, 1.54) is 49.4 Å². The molecule has 0 bridgehead atoms. The second kappa shape index (κ2) is 19.7. The maximum Gasteiger partial charge on any atom is 0.159 e. The molecule has 15 rings (SSSR count). The molecule has 1 aliphatic heterocycles. The van der Waals surface area contributed by atoms with E-state index in [4.69, 9.17) is 9.98 Å². The molecule has 1 atom stereocenters. The minimum atomic E-state index is -0.434.